The molecule has 0 radical (unpaired) electrons. The predicted octanol–water partition coefficient (Wildman–Crippen LogP) is 25.3. The summed E-state index contributed by atoms with van der Waals surface area (Å²) in [6.45, 7) is 29.5. The van der Waals surface area contributed by atoms with Crippen LogP contribution in [-0.2, 0) is 14.6 Å². The van der Waals surface area contributed by atoms with Gasteiger partial charge in [-0.2, -0.15) is 0 Å². The summed E-state index contributed by atoms with van der Waals surface area (Å²) in [6, 6.07) is 0. The molecule has 0 aromatic heterocycles. The predicted molar refractivity (Wildman–Crippen MR) is 357 cm³/mol. The van der Waals surface area contributed by atoms with Crippen molar-refractivity contribution in [3.05, 3.63) is 0 Å². The van der Waals surface area contributed by atoms with E-state index in [0.717, 1.165) is 12.8 Å². The van der Waals surface area contributed by atoms with E-state index in [4.69, 9.17) is 0 Å². The van der Waals surface area contributed by atoms with E-state index in [-0.39, 0.29) is 36.2 Å². The molecule has 0 spiro atoms. The van der Waals surface area contributed by atoms with E-state index < -0.39 is 10.4 Å². The van der Waals surface area contributed by atoms with Gasteiger partial charge in [-0.25, -0.2) is 8.42 Å². The molecule has 0 aliphatic carbocycles. The molecule has 78 heavy (non-hydrogen) atoms. The first kappa shape index (κ1) is 95.2. The minimum atomic E-state index is -4.48. The third-order valence-electron chi connectivity index (χ3n) is 14.5. The Morgan fingerprint density at radius 3 is 0.372 bits per heavy atom. The minimum absolute atomic E-state index is 0. The Bertz CT molecular complexity index is 774. The fraction of sp³-hybridized carbons (Fsp3) is 1.00. The van der Waals surface area contributed by atoms with Gasteiger partial charge in [0.05, 0.1) is 6.61 Å². The number of hydrogen-bond acceptors (Lipinski definition) is 4. The molecule has 0 N–H and O–H groups in total. The zero-order valence-electron chi connectivity index (χ0n) is 57.8. The van der Waals surface area contributed by atoms with Gasteiger partial charge >= 0.3 is 29.6 Å². The van der Waals surface area contributed by atoms with Gasteiger partial charge in [0.2, 0.25) is 10.4 Å². The van der Waals surface area contributed by atoms with E-state index in [1.807, 2.05) is 0 Å². The molecular weight excluding hydrogens is 984 g/mol. The van der Waals surface area contributed by atoms with Gasteiger partial charge in [0.25, 0.3) is 0 Å². The van der Waals surface area contributed by atoms with Crippen LogP contribution >= 0.6 is 0 Å². The summed E-state index contributed by atoms with van der Waals surface area (Å²) in [5.41, 5.74) is 0. The second-order valence-electron chi connectivity index (χ2n) is 23.1. The van der Waals surface area contributed by atoms with Gasteiger partial charge in [0.1, 0.15) is 0 Å². The third-order valence-corrected chi connectivity index (χ3v) is 14.9. The average Bonchev–Trinajstić information content (AvgIpc) is 3.42. The van der Waals surface area contributed by atoms with Gasteiger partial charge in [-0.05, 0) is 6.42 Å². The summed E-state index contributed by atoms with van der Waals surface area (Å²) in [7, 11) is -4.48. The molecule has 0 rings (SSSR count). The molecule has 0 bridgehead atoms. The summed E-state index contributed by atoms with van der Waals surface area (Å²) >= 11 is 0. The van der Waals surface area contributed by atoms with Crippen molar-refractivity contribution in [2.24, 2.45) is 0 Å². The Hall–Kier alpha value is 0.870. The minimum Gasteiger partial charge on any atom is -0.726 e. The maximum Gasteiger partial charge on any atom is 1.00 e. The average molecular weight is 1140 g/mol. The van der Waals surface area contributed by atoms with Crippen LogP contribution in [0.1, 0.15) is 462 Å². The quantitative estimate of drug-likeness (QED) is 0.0263. The van der Waals surface area contributed by atoms with E-state index in [2.05, 4.69) is 94.2 Å². The van der Waals surface area contributed by atoms with Gasteiger partial charge in [0, 0.05) is 0 Å². The summed E-state index contributed by atoms with van der Waals surface area (Å²) in [6.07, 6.45) is 80.5. The van der Waals surface area contributed by atoms with Crippen LogP contribution in [0.5, 0.6) is 0 Å². The van der Waals surface area contributed by atoms with Gasteiger partial charge < -0.3 is 4.55 Å². The van der Waals surface area contributed by atoms with Crippen molar-refractivity contribution in [2.45, 2.75) is 462 Å². The Labute approximate surface area is 522 Å². The van der Waals surface area contributed by atoms with Crippen LogP contribution in [0.15, 0.2) is 0 Å². The topological polar surface area (TPSA) is 66.4 Å². The second kappa shape index (κ2) is 103. The van der Waals surface area contributed by atoms with E-state index >= 15 is 0 Å². The standard InChI is InChI=1S/C12H26O4S.6C10H22.Na/c1-2-3-4-5-6-7-8-9-10-11-12-16-17(13,14)15;6*1-3-5-7-9-10-8-6-4-2;/h2-12H2,1H3,(H,13,14,15);6*3-10H2,1-2H3;/q;;;;;;;+1/p-1. The number of hydrogen-bond donors (Lipinski definition) is 0. The van der Waals surface area contributed by atoms with E-state index in [1.165, 1.54) is 353 Å². The zero-order chi connectivity index (χ0) is 58.9. The van der Waals surface area contributed by atoms with Crippen molar-refractivity contribution >= 4 is 10.4 Å². The summed E-state index contributed by atoms with van der Waals surface area (Å²) in [5, 5.41) is 0. The molecule has 0 saturated heterocycles. The monoisotopic (exact) mass is 1140 g/mol. The van der Waals surface area contributed by atoms with Crippen LogP contribution in [0.25, 0.3) is 0 Å². The SMILES string of the molecule is CCCCCCCCCC.CCCCCCCCCC.CCCCCCCCCC.CCCCCCCCCC.CCCCCCCCCC.CCCCCCCCCC.CCCCCCCCCCCCOS(=O)(=O)[O-].[Na+]. The van der Waals surface area contributed by atoms with Gasteiger partial charge in [-0.3, -0.25) is 4.18 Å². The van der Waals surface area contributed by atoms with Crippen LogP contribution in [0, 0.1) is 0 Å². The maximum atomic E-state index is 10.1. The summed E-state index contributed by atoms with van der Waals surface area (Å²) < 4.78 is 34.5. The van der Waals surface area contributed by atoms with Crippen LogP contribution in [-0.4, -0.2) is 19.6 Å². The van der Waals surface area contributed by atoms with Crippen LogP contribution < -0.4 is 29.6 Å². The molecular formula is C72H157NaO4S. The first-order valence-electron chi connectivity index (χ1n) is 36.1. The molecule has 4 nitrogen and oxygen atoms in total. The molecule has 0 saturated carbocycles. The molecule has 476 valence electrons. The summed E-state index contributed by atoms with van der Waals surface area (Å²) in [4.78, 5) is 0. The van der Waals surface area contributed by atoms with Crippen molar-refractivity contribution in [1.82, 2.24) is 0 Å². The third kappa shape index (κ3) is 137. The molecule has 0 amide bonds. The largest absolute Gasteiger partial charge is 1.00 e. The Morgan fingerprint density at radius 2 is 0.282 bits per heavy atom. The molecule has 0 aliphatic rings. The van der Waals surface area contributed by atoms with Crippen molar-refractivity contribution in [1.29, 1.82) is 0 Å². The van der Waals surface area contributed by atoms with Crippen LogP contribution in [0.2, 0.25) is 0 Å². The van der Waals surface area contributed by atoms with Crippen LogP contribution in [0.3, 0.4) is 0 Å². The molecule has 6 heteroatoms. The van der Waals surface area contributed by atoms with Gasteiger partial charge in [0.15, 0.2) is 0 Å². The van der Waals surface area contributed by atoms with Crippen molar-refractivity contribution in [3.8, 4) is 0 Å². The first-order valence-corrected chi connectivity index (χ1v) is 37.5. The molecule has 0 heterocycles. The van der Waals surface area contributed by atoms with Crippen LogP contribution in [0.4, 0.5) is 0 Å². The molecule has 0 aromatic carbocycles. The van der Waals surface area contributed by atoms with E-state index in [0.29, 0.717) is 6.42 Å². The second-order valence-corrected chi connectivity index (χ2v) is 24.2. The van der Waals surface area contributed by atoms with Crippen molar-refractivity contribution < 1.29 is 46.7 Å². The molecule has 0 unspecified atom stereocenters. The Kier molecular flexibility index (Phi) is 126. The molecule has 0 atom stereocenters. The van der Waals surface area contributed by atoms with Crippen molar-refractivity contribution in [2.75, 3.05) is 6.61 Å². The summed E-state index contributed by atoms with van der Waals surface area (Å²) in [5.74, 6) is 0. The Morgan fingerprint density at radius 1 is 0.192 bits per heavy atom. The first-order chi connectivity index (χ1) is 37.5. The molecule has 0 aromatic rings. The smallest absolute Gasteiger partial charge is 0.726 e. The maximum absolute atomic E-state index is 10.1. The Balaban J connectivity index is -0.000000123. The van der Waals surface area contributed by atoms with Crippen molar-refractivity contribution in [3.63, 3.8) is 0 Å². The van der Waals surface area contributed by atoms with E-state index in [9.17, 15) is 13.0 Å². The zero-order valence-corrected chi connectivity index (χ0v) is 60.6. The van der Waals surface area contributed by atoms with Gasteiger partial charge in [-0.1, -0.05) is 456 Å². The van der Waals surface area contributed by atoms with Gasteiger partial charge in [-0.15, -0.1) is 0 Å². The molecule has 0 fully saturated rings. The fourth-order valence-electron chi connectivity index (χ4n) is 8.99. The fourth-order valence-corrected chi connectivity index (χ4v) is 9.32. The normalized spacial score (nSPS) is 10.4. The van der Waals surface area contributed by atoms with E-state index in [1.54, 1.807) is 0 Å². The number of rotatable bonds is 54. The number of unbranched alkanes of at least 4 members (excludes halogenated alkanes) is 51. The molecule has 0 aliphatic heterocycles.